The molecule has 2 aromatic rings. The van der Waals surface area contributed by atoms with Crippen molar-refractivity contribution in [3.8, 4) is 0 Å². The second-order valence-electron chi connectivity index (χ2n) is 5.97. The Morgan fingerprint density at radius 3 is 2.88 bits per heavy atom. The molecule has 11 heteroatoms. The Labute approximate surface area is 157 Å². The molecule has 0 aromatic carbocycles. The lowest BCUT2D eigenvalue weighted by molar-refractivity contribution is -0.0511. The van der Waals surface area contributed by atoms with Crippen LogP contribution in [0.15, 0.2) is 17.6 Å². The normalized spacial score (nSPS) is 28.8. The molecule has 2 aromatic heterocycles. The monoisotopic (exact) mass is 397 g/mol. The van der Waals surface area contributed by atoms with Crippen LogP contribution >= 0.6 is 23.5 Å². The van der Waals surface area contributed by atoms with Crippen LogP contribution in [0, 0.1) is 0 Å². The highest BCUT2D eigenvalue weighted by Crippen LogP contribution is 2.31. The van der Waals surface area contributed by atoms with Crippen LogP contribution in [-0.2, 0) is 11.2 Å². The van der Waals surface area contributed by atoms with Gasteiger partial charge in [0.25, 0.3) is 0 Å². The van der Waals surface area contributed by atoms with Crippen LogP contribution in [0.4, 0.5) is 0 Å². The van der Waals surface area contributed by atoms with E-state index in [1.54, 1.807) is 28.1 Å². The number of aryl methyl sites for hydroxylation is 1. The zero-order chi connectivity index (χ0) is 18.1. The van der Waals surface area contributed by atoms with Gasteiger partial charge in [0.1, 0.15) is 34.5 Å². The zero-order valence-corrected chi connectivity index (χ0v) is 15.4. The van der Waals surface area contributed by atoms with Gasteiger partial charge in [0, 0.05) is 17.9 Å². The molecule has 0 aliphatic carbocycles. The number of aromatic nitrogens is 4. The van der Waals surface area contributed by atoms with Gasteiger partial charge in [-0.15, -0.1) is 0 Å². The van der Waals surface area contributed by atoms with E-state index in [9.17, 15) is 15.3 Å². The number of ether oxygens (including phenoxy) is 1. The second-order valence-corrected chi connectivity index (χ2v) is 8.39. The van der Waals surface area contributed by atoms with E-state index in [1.165, 1.54) is 12.7 Å². The van der Waals surface area contributed by atoms with Gasteiger partial charge < -0.3 is 20.1 Å². The molecule has 4 heterocycles. The van der Waals surface area contributed by atoms with E-state index in [0.717, 1.165) is 34.5 Å². The van der Waals surface area contributed by atoms with Gasteiger partial charge in [0.05, 0.1) is 25.2 Å². The number of aliphatic imine (C=N–C) groups is 1. The molecule has 4 rings (SSSR count). The standard InChI is InChI=1S/C15H19N5O4S2/c21-5-9-11(22)12(23)14(24-9)20-7-19-10-8(17-6-18-13(10)20)1-3-25-15-16-2-4-26-15/h6-7,9,11-12,14,21-23H,1-5H2/t9-,11-,12-,14-/m1/s1. The largest absolute Gasteiger partial charge is 0.394 e. The maximum atomic E-state index is 10.2. The van der Waals surface area contributed by atoms with Gasteiger partial charge in [-0.25, -0.2) is 15.0 Å². The summed E-state index contributed by atoms with van der Waals surface area (Å²) in [5.74, 6) is 1.90. The van der Waals surface area contributed by atoms with Crippen LogP contribution < -0.4 is 0 Å². The number of imidazole rings is 1. The molecule has 4 atom stereocenters. The van der Waals surface area contributed by atoms with E-state index in [2.05, 4.69) is 19.9 Å². The molecule has 140 valence electrons. The summed E-state index contributed by atoms with van der Waals surface area (Å²) < 4.78 is 8.26. The Bertz CT molecular complexity index is 816. The van der Waals surface area contributed by atoms with Crippen LogP contribution in [0.25, 0.3) is 11.2 Å². The Kier molecular flexibility index (Phi) is 5.43. The number of aliphatic hydroxyl groups is 3. The van der Waals surface area contributed by atoms with Crippen LogP contribution in [0.5, 0.6) is 0 Å². The molecule has 0 unspecified atom stereocenters. The Morgan fingerprint density at radius 1 is 1.27 bits per heavy atom. The van der Waals surface area contributed by atoms with Crippen LogP contribution in [-0.4, -0.2) is 82.2 Å². The molecule has 9 nitrogen and oxygen atoms in total. The fourth-order valence-electron chi connectivity index (χ4n) is 3.02. The number of hydrogen-bond donors (Lipinski definition) is 3. The van der Waals surface area contributed by atoms with Crippen molar-refractivity contribution in [1.82, 2.24) is 19.5 Å². The molecule has 1 fully saturated rings. The van der Waals surface area contributed by atoms with E-state index in [-0.39, 0.29) is 6.61 Å². The molecule has 2 aliphatic rings. The number of rotatable bonds is 5. The maximum absolute atomic E-state index is 10.2. The van der Waals surface area contributed by atoms with Gasteiger partial charge in [-0.1, -0.05) is 23.5 Å². The summed E-state index contributed by atoms with van der Waals surface area (Å²) in [6.45, 7) is 0.514. The molecular formula is C15H19N5O4S2. The van der Waals surface area contributed by atoms with Crippen molar-refractivity contribution in [2.75, 3.05) is 24.7 Å². The molecule has 0 radical (unpaired) electrons. The smallest absolute Gasteiger partial charge is 0.165 e. The van der Waals surface area contributed by atoms with Crippen molar-refractivity contribution in [2.45, 2.75) is 31.0 Å². The van der Waals surface area contributed by atoms with Crippen molar-refractivity contribution in [3.63, 3.8) is 0 Å². The van der Waals surface area contributed by atoms with E-state index in [1.807, 2.05) is 0 Å². The number of nitrogens with zero attached hydrogens (tertiary/aromatic N) is 5. The Hall–Kier alpha value is -1.24. The minimum absolute atomic E-state index is 0.374. The number of hydrogen-bond acceptors (Lipinski definition) is 10. The minimum Gasteiger partial charge on any atom is -0.394 e. The van der Waals surface area contributed by atoms with Crippen molar-refractivity contribution in [3.05, 3.63) is 18.3 Å². The predicted molar refractivity (Wildman–Crippen MR) is 99.3 cm³/mol. The van der Waals surface area contributed by atoms with Gasteiger partial charge in [0.2, 0.25) is 0 Å². The SMILES string of the molecule is OC[C@H]1O[C@@H](n2cnc3c(CCSC4=NCCS4)ncnc32)[C@H](O)[C@@H]1O. The van der Waals surface area contributed by atoms with Crippen LogP contribution in [0.2, 0.25) is 0 Å². The molecule has 3 N–H and O–H groups in total. The summed E-state index contributed by atoms with van der Waals surface area (Å²) in [7, 11) is 0. The van der Waals surface area contributed by atoms with Crippen molar-refractivity contribution in [2.24, 2.45) is 4.99 Å². The van der Waals surface area contributed by atoms with Gasteiger partial charge in [-0.05, 0) is 0 Å². The van der Waals surface area contributed by atoms with E-state index in [0.29, 0.717) is 11.2 Å². The summed E-state index contributed by atoms with van der Waals surface area (Å²) in [4.78, 5) is 17.4. The van der Waals surface area contributed by atoms with E-state index in [4.69, 9.17) is 4.74 Å². The van der Waals surface area contributed by atoms with Gasteiger partial charge in [-0.2, -0.15) is 0 Å². The molecule has 2 aliphatic heterocycles. The van der Waals surface area contributed by atoms with Crippen LogP contribution in [0.1, 0.15) is 11.9 Å². The predicted octanol–water partition coefficient (Wildman–Crippen LogP) is -0.184. The lowest BCUT2D eigenvalue weighted by atomic mass is 10.1. The van der Waals surface area contributed by atoms with Crippen molar-refractivity contribution in [1.29, 1.82) is 0 Å². The first-order valence-electron chi connectivity index (χ1n) is 8.28. The highest BCUT2D eigenvalue weighted by atomic mass is 32.2. The number of fused-ring (bicyclic) bond motifs is 1. The first kappa shape index (κ1) is 18.1. The minimum atomic E-state index is -1.17. The van der Waals surface area contributed by atoms with Gasteiger partial charge >= 0.3 is 0 Å². The van der Waals surface area contributed by atoms with E-state index >= 15 is 0 Å². The Morgan fingerprint density at radius 2 is 2.15 bits per heavy atom. The topological polar surface area (TPSA) is 126 Å². The molecule has 0 bridgehead atoms. The molecule has 26 heavy (non-hydrogen) atoms. The summed E-state index contributed by atoms with van der Waals surface area (Å²) in [5.41, 5.74) is 1.99. The third-order valence-electron chi connectivity index (χ3n) is 4.35. The van der Waals surface area contributed by atoms with Crippen molar-refractivity contribution >= 4 is 39.1 Å². The lowest BCUT2D eigenvalue weighted by Gasteiger charge is -2.16. The molecule has 0 spiro atoms. The third kappa shape index (κ3) is 3.35. The van der Waals surface area contributed by atoms with Crippen molar-refractivity contribution < 1.29 is 20.1 Å². The van der Waals surface area contributed by atoms with Crippen LogP contribution in [0.3, 0.4) is 0 Å². The maximum Gasteiger partial charge on any atom is 0.165 e. The average molecular weight is 397 g/mol. The number of thioether (sulfide) groups is 2. The van der Waals surface area contributed by atoms with Gasteiger partial charge in [-0.3, -0.25) is 9.56 Å². The highest BCUT2D eigenvalue weighted by Gasteiger charge is 2.44. The summed E-state index contributed by atoms with van der Waals surface area (Å²) in [6.07, 6.45) is -0.322. The fraction of sp³-hybridized carbons (Fsp3) is 0.600. The first-order valence-corrected chi connectivity index (χ1v) is 10.2. The lowest BCUT2D eigenvalue weighted by Crippen LogP contribution is -2.33. The quantitative estimate of drug-likeness (QED) is 0.629. The molecule has 0 saturated carbocycles. The Balaban J connectivity index is 1.53. The zero-order valence-electron chi connectivity index (χ0n) is 13.8. The third-order valence-corrected chi connectivity index (χ3v) is 6.60. The first-order chi connectivity index (χ1) is 12.7. The summed E-state index contributed by atoms with van der Waals surface area (Å²) in [6, 6.07) is 0. The fourth-order valence-corrected chi connectivity index (χ4v) is 5.04. The van der Waals surface area contributed by atoms with E-state index < -0.39 is 24.5 Å². The summed E-state index contributed by atoms with van der Waals surface area (Å²) >= 11 is 3.49. The molecule has 0 amide bonds. The molecular weight excluding hydrogens is 378 g/mol. The molecule has 1 saturated heterocycles. The number of aliphatic hydroxyl groups excluding tert-OH is 3. The average Bonchev–Trinajstić information content (AvgIpc) is 3.37. The van der Waals surface area contributed by atoms with Gasteiger partial charge in [0.15, 0.2) is 11.9 Å². The summed E-state index contributed by atoms with van der Waals surface area (Å²) in [5, 5.41) is 29.4. The second kappa shape index (κ2) is 7.79. The highest BCUT2D eigenvalue weighted by molar-refractivity contribution is 8.39.